The molecule has 1 aliphatic carbocycles. The van der Waals surface area contributed by atoms with E-state index < -0.39 is 5.97 Å². The van der Waals surface area contributed by atoms with Crippen LogP contribution in [0.1, 0.15) is 30.1 Å². The van der Waals surface area contributed by atoms with Gasteiger partial charge in [-0.05, 0) is 38.0 Å². The minimum atomic E-state index is -0.614. The van der Waals surface area contributed by atoms with Gasteiger partial charge in [0.2, 0.25) is 5.91 Å². The zero-order valence-electron chi connectivity index (χ0n) is 16.9. The Labute approximate surface area is 172 Å². The van der Waals surface area contributed by atoms with Crippen LogP contribution in [0.2, 0.25) is 0 Å². The van der Waals surface area contributed by atoms with Crippen molar-refractivity contribution in [2.24, 2.45) is 5.92 Å². The molecule has 0 bridgehead atoms. The molecule has 10 heteroatoms. The predicted molar refractivity (Wildman–Crippen MR) is 110 cm³/mol. The van der Waals surface area contributed by atoms with Crippen LogP contribution in [0.4, 0.5) is 17.2 Å². The number of amides is 1. The van der Waals surface area contributed by atoms with Crippen LogP contribution >= 0.6 is 0 Å². The van der Waals surface area contributed by atoms with E-state index in [1.54, 1.807) is 23.9 Å². The average molecular weight is 410 g/mol. The first-order valence-electron chi connectivity index (χ1n) is 9.62. The average Bonchev–Trinajstić information content (AvgIpc) is 3.53. The Kier molecular flexibility index (Phi) is 5.21. The fraction of sp³-hybridized carbons (Fsp3) is 0.350. The van der Waals surface area contributed by atoms with Crippen molar-refractivity contribution in [3.05, 3.63) is 30.0 Å². The van der Waals surface area contributed by atoms with Crippen molar-refractivity contribution in [1.82, 2.24) is 20.0 Å². The van der Waals surface area contributed by atoms with Gasteiger partial charge < -0.3 is 20.1 Å². The van der Waals surface area contributed by atoms with Crippen LogP contribution in [0.5, 0.6) is 5.75 Å². The number of pyridine rings is 1. The smallest absolute Gasteiger partial charge is 0.343 e. The van der Waals surface area contributed by atoms with Gasteiger partial charge in [-0.25, -0.2) is 14.5 Å². The quantitative estimate of drug-likeness (QED) is 0.571. The highest BCUT2D eigenvalue weighted by atomic mass is 16.5. The molecule has 1 fully saturated rings. The molecule has 2 N–H and O–H groups in total. The van der Waals surface area contributed by atoms with Gasteiger partial charge in [-0.3, -0.25) is 4.79 Å². The molecule has 3 aromatic rings. The number of anilines is 3. The number of ether oxygens (including phenoxy) is 2. The van der Waals surface area contributed by atoms with E-state index in [0.717, 1.165) is 18.4 Å². The summed E-state index contributed by atoms with van der Waals surface area (Å²) in [7, 11) is 2.84. The van der Waals surface area contributed by atoms with Gasteiger partial charge >= 0.3 is 5.97 Å². The van der Waals surface area contributed by atoms with Crippen molar-refractivity contribution in [2.75, 3.05) is 24.9 Å². The van der Waals surface area contributed by atoms with Crippen molar-refractivity contribution < 1.29 is 19.1 Å². The summed E-state index contributed by atoms with van der Waals surface area (Å²) < 4.78 is 12.3. The van der Waals surface area contributed by atoms with Gasteiger partial charge in [0.05, 0.1) is 25.6 Å². The summed E-state index contributed by atoms with van der Waals surface area (Å²) in [5.74, 6) is -0.100. The minimum Gasteiger partial charge on any atom is -0.492 e. The first-order chi connectivity index (χ1) is 14.6. The number of methoxy groups -OCH3 is 2. The number of nitrogens with one attached hydrogen (secondary N) is 2. The Morgan fingerprint density at radius 2 is 2.00 bits per heavy atom. The van der Waals surface area contributed by atoms with Gasteiger partial charge in [0, 0.05) is 18.7 Å². The lowest BCUT2D eigenvalue weighted by molar-refractivity contribution is -0.117. The highest BCUT2D eigenvalue weighted by Crippen LogP contribution is 2.37. The van der Waals surface area contributed by atoms with Gasteiger partial charge in [-0.1, -0.05) is 5.21 Å². The highest BCUT2D eigenvalue weighted by molar-refractivity contribution is 6.06. The van der Waals surface area contributed by atoms with Crippen LogP contribution in [0, 0.1) is 5.92 Å². The van der Waals surface area contributed by atoms with Gasteiger partial charge in [0.1, 0.15) is 22.4 Å². The number of fused-ring (bicyclic) bond motifs is 1. The lowest BCUT2D eigenvalue weighted by Gasteiger charge is -2.17. The largest absolute Gasteiger partial charge is 0.492 e. The van der Waals surface area contributed by atoms with E-state index in [1.807, 2.05) is 13.0 Å². The first kappa shape index (κ1) is 19.6. The number of carbonyl (C=O) groups excluding carboxylic acids is 2. The molecular formula is C20H22N6O4. The molecule has 30 heavy (non-hydrogen) atoms. The van der Waals surface area contributed by atoms with Gasteiger partial charge in [-0.2, -0.15) is 0 Å². The summed E-state index contributed by atoms with van der Waals surface area (Å²) in [5.41, 5.74) is 2.60. The molecule has 10 nitrogen and oxygen atoms in total. The van der Waals surface area contributed by atoms with Crippen molar-refractivity contribution in [1.29, 1.82) is 0 Å². The maximum Gasteiger partial charge on any atom is 0.343 e. The van der Waals surface area contributed by atoms with E-state index in [2.05, 4.69) is 25.9 Å². The number of benzene rings is 1. The van der Waals surface area contributed by atoms with E-state index >= 15 is 0 Å². The standard InChI is InChI=1S/C20H22N6O4/c1-4-26-16-13(24-25-26)7-8-14(17(16)29-2)22-12-9-10-21-18(15(12)20(28)30-3)23-19(27)11-5-6-11/h7-11H,4-6H2,1-3H3,(H2,21,22,23,27). The second-order valence-electron chi connectivity index (χ2n) is 6.88. The molecule has 4 rings (SSSR count). The summed E-state index contributed by atoms with van der Waals surface area (Å²) in [5, 5.41) is 14.2. The Hall–Kier alpha value is -3.69. The van der Waals surface area contributed by atoms with E-state index in [0.29, 0.717) is 29.2 Å². The van der Waals surface area contributed by atoms with Crippen LogP contribution in [0.3, 0.4) is 0 Å². The zero-order valence-corrected chi connectivity index (χ0v) is 16.9. The van der Waals surface area contributed by atoms with Crippen molar-refractivity contribution in [3.63, 3.8) is 0 Å². The SMILES string of the molecule is CCn1nnc2ccc(Nc3ccnc(NC(=O)C4CC4)c3C(=O)OC)c(OC)c21. The Morgan fingerprint density at radius 1 is 1.20 bits per heavy atom. The second-order valence-corrected chi connectivity index (χ2v) is 6.88. The number of aryl methyl sites for hydroxylation is 1. The molecule has 2 heterocycles. The molecule has 0 spiro atoms. The molecule has 0 atom stereocenters. The zero-order chi connectivity index (χ0) is 21.3. The molecule has 0 aliphatic heterocycles. The number of hydrogen-bond donors (Lipinski definition) is 2. The van der Waals surface area contributed by atoms with Crippen LogP contribution < -0.4 is 15.4 Å². The maximum atomic E-state index is 12.5. The Bertz CT molecular complexity index is 1120. The molecule has 1 aliphatic rings. The maximum absolute atomic E-state index is 12.5. The van der Waals surface area contributed by atoms with Crippen LogP contribution in [0.25, 0.3) is 11.0 Å². The van der Waals surface area contributed by atoms with Crippen LogP contribution in [-0.2, 0) is 16.1 Å². The fourth-order valence-electron chi connectivity index (χ4n) is 3.24. The predicted octanol–water partition coefficient (Wildman–Crippen LogP) is 2.73. The number of carbonyl (C=O) groups is 2. The molecule has 1 saturated carbocycles. The lowest BCUT2D eigenvalue weighted by Crippen LogP contribution is -2.19. The Morgan fingerprint density at radius 3 is 2.67 bits per heavy atom. The summed E-state index contributed by atoms with van der Waals surface area (Å²) in [6.07, 6.45) is 3.20. The molecule has 1 amide bonds. The molecule has 1 aromatic carbocycles. The highest BCUT2D eigenvalue weighted by Gasteiger charge is 2.31. The van der Waals surface area contributed by atoms with E-state index in [9.17, 15) is 9.59 Å². The summed E-state index contributed by atoms with van der Waals surface area (Å²) in [4.78, 5) is 28.9. The third-order valence-electron chi connectivity index (χ3n) is 4.93. The number of nitrogens with zero attached hydrogens (tertiary/aromatic N) is 4. The molecule has 0 saturated heterocycles. The monoisotopic (exact) mass is 410 g/mol. The third-order valence-corrected chi connectivity index (χ3v) is 4.93. The minimum absolute atomic E-state index is 0.0294. The lowest BCUT2D eigenvalue weighted by atomic mass is 10.1. The van der Waals surface area contributed by atoms with Crippen molar-refractivity contribution in [3.8, 4) is 5.75 Å². The first-order valence-corrected chi connectivity index (χ1v) is 9.62. The summed E-state index contributed by atoms with van der Waals surface area (Å²) in [6, 6.07) is 5.24. The molecule has 0 radical (unpaired) electrons. The normalized spacial score (nSPS) is 13.2. The van der Waals surface area contributed by atoms with Crippen molar-refractivity contribution >= 4 is 40.1 Å². The van der Waals surface area contributed by atoms with E-state index in [1.165, 1.54) is 13.3 Å². The van der Waals surface area contributed by atoms with Gasteiger partial charge in [-0.15, -0.1) is 5.10 Å². The molecule has 0 unspecified atom stereocenters. The Balaban J connectivity index is 1.77. The third kappa shape index (κ3) is 3.51. The summed E-state index contributed by atoms with van der Waals surface area (Å²) in [6.45, 7) is 2.58. The van der Waals surface area contributed by atoms with E-state index in [-0.39, 0.29) is 23.2 Å². The number of aromatic nitrogens is 4. The van der Waals surface area contributed by atoms with Crippen LogP contribution in [-0.4, -0.2) is 46.1 Å². The molecule has 2 aromatic heterocycles. The number of hydrogen-bond acceptors (Lipinski definition) is 8. The van der Waals surface area contributed by atoms with Gasteiger partial charge in [0.25, 0.3) is 0 Å². The topological polar surface area (TPSA) is 120 Å². The van der Waals surface area contributed by atoms with Crippen molar-refractivity contribution in [2.45, 2.75) is 26.3 Å². The molecule has 156 valence electrons. The number of rotatable bonds is 7. The van der Waals surface area contributed by atoms with Crippen LogP contribution in [0.15, 0.2) is 24.4 Å². The summed E-state index contributed by atoms with van der Waals surface area (Å²) >= 11 is 0. The second kappa shape index (κ2) is 7.97. The van der Waals surface area contributed by atoms with Gasteiger partial charge in [0.15, 0.2) is 5.75 Å². The number of esters is 1. The van der Waals surface area contributed by atoms with E-state index in [4.69, 9.17) is 9.47 Å². The fourth-order valence-corrected chi connectivity index (χ4v) is 3.24. The molecular weight excluding hydrogens is 388 g/mol.